The minimum absolute atomic E-state index is 0.341. The lowest BCUT2D eigenvalue weighted by atomic mass is 9.95. The van der Waals surface area contributed by atoms with Crippen LogP contribution in [0.1, 0.15) is 51.1 Å². The first kappa shape index (κ1) is 18.3. The number of nitrogens with one attached hydrogen (secondary N) is 2. The van der Waals surface area contributed by atoms with Crippen molar-refractivity contribution < 1.29 is 14.3 Å². The molecule has 2 N–H and O–H groups in total. The minimum Gasteiger partial charge on any atom is -0.462 e. The topological polar surface area (TPSA) is 67.4 Å². The van der Waals surface area contributed by atoms with E-state index >= 15 is 0 Å². The number of hydrogen-bond acceptors (Lipinski definition) is 3. The van der Waals surface area contributed by atoms with Gasteiger partial charge in [0.2, 0.25) is 0 Å². The molecule has 5 nitrogen and oxygen atoms in total. The van der Waals surface area contributed by atoms with Crippen LogP contribution in [0.4, 0.5) is 4.79 Å². The summed E-state index contributed by atoms with van der Waals surface area (Å²) in [5.74, 6) is -0.406. The van der Waals surface area contributed by atoms with Gasteiger partial charge in [0.1, 0.15) is 0 Å². The summed E-state index contributed by atoms with van der Waals surface area (Å²) in [4.78, 5) is 24.3. The zero-order chi connectivity index (χ0) is 17.5. The van der Waals surface area contributed by atoms with Gasteiger partial charge in [0, 0.05) is 10.7 Å². The Morgan fingerprint density at radius 1 is 1.21 bits per heavy atom. The first-order valence-corrected chi connectivity index (χ1v) is 8.61. The zero-order valence-corrected chi connectivity index (χ0v) is 14.8. The molecule has 6 heteroatoms. The van der Waals surface area contributed by atoms with E-state index < -0.39 is 12.0 Å². The zero-order valence-electron chi connectivity index (χ0n) is 14.0. The van der Waals surface area contributed by atoms with Gasteiger partial charge < -0.3 is 15.4 Å². The van der Waals surface area contributed by atoms with Gasteiger partial charge in [-0.1, -0.05) is 49.9 Å². The standard InChI is InChI=1S/C18H23ClN2O3/c1-3-4-5-6-11-24-17(22)15-12(2)20-18(23)21-16(15)13-7-9-14(19)10-8-13/h7-10,16H,3-6,11H2,1-2H3,(H2,20,21,23). The van der Waals surface area contributed by atoms with Crippen molar-refractivity contribution >= 4 is 23.6 Å². The van der Waals surface area contributed by atoms with E-state index in [4.69, 9.17) is 16.3 Å². The lowest BCUT2D eigenvalue weighted by Crippen LogP contribution is -2.45. The fourth-order valence-electron chi connectivity index (χ4n) is 2.64. The number of carbonyl (C=O) groups excluding carboxylic acids is 2. The average molecular weight is 351 g/mol. The summed E-state index contributed by atoms with van der Waals surface area (Å²) in [5, 5.41) is 6.00. The monoisotopic (exact) mass is 350 g/mol. The summed E-state index contributed by atoms with van der Waals surface area (Å²) in [6, 6.07) is 6.16. The van der Waals surface area contributed by atoms with Gasteiger partial charge in [-0.3, -0.25) is 0 Å². The van der Waals surface area contributed by atoms with Crippen LogP contribution in [0.5, 0.6) is 0 Å². The third-order valence-corrected chi connectivity index (χ3v) is 4.18. The molecule has 1 aliphatic heterocycles. The molecule has 1 aromatic rings. The third kappa shape index (κ3) is 4.74. The van der Waals surface area contributed by atoms with E-state index in [9.17, 15) is 9.59 Å². The molecule has 0 aromatic heterocycles. The van der Waals surface area contributed by atoms with Crippen LogP contribution in [0.25, 0.3) is 0 Å². The van der Waals surface area contributed by atoms with Gasteiger partial charge in [0.25, 0.3) is 0 Å². The van der Waals surface area contributed by atoms with Crippen molar-refractivity contribution in [1.29, 1.82) is 0 Å². The molecule has 0 saturated carbocycles. The molecule has 24 heavy (non-hydrogen) atoms. The summed E-state index contributed by atoms with van der Waals surface area (Å²) in [7, 11) is 0. The van der Waals surface area contributed by atoms with Crippen LogP contribution in [0.2, 0.25) is 5.02 Å². The van der Waals surface area contributed by atoms with Gasteiger partial charge in [-0.05, 0) is 31.0 Å². The van der Waals surface area contributed by atoms with Crippen LogP contribution in [0, 0.1) is 0 Å². The Labute approximate surface area is 147 Å². The molecular formula is C18H23ClN2O3. The van der Waals surface area contributed by atoms with Gasteiger partial charge in [0.15, 0.2) is 0 Å². The fraction of sp³-hybridized carbons (Fsp3) is 0.444. The number of allylic oxidation sites excluding steroid dienone is 1. The van der Waals surface area contributed by atoms with Crippen LogP contribution in [0.15, 0.2) is 35.5 Å². The predicted molar refractivity (Wildman–Crippen MR) is 93.7 cm³/mol. The molecular weight excluding hydrogens is 328 g/mol. The molecule has 2 rings (SSSR count). The van der Waals surface area contributed by atoms with Crippen molar-refractivity contribution in [2.75, 3.05) is 6.61 Å². The Hall–Kier alpha value is -2.01. The SMILES string of the molecule is CCCCCCOC(=O)C1=C(C)NC(=O)NC1c1ccc(Cl)cc1. The molecule has 1 aliphatic rings. The number of halogens is 1. The second kappa shape index (κ2) is 8.73. The van der Waals surface area contributed by atoms with E-state index in [0.717, 1.165) is 31.2 Å². The number of carbonyl (C=O) groups is 2. The van der Waals surface area contributed by atoms with Crippen LogP contribution < -0.4 is 10.6 Å². The summed E-state index contributed by atoms with van der Waals surface area (Å²) in [6.45, 7) is 4.22. The highest BCUT2D eigenvalue weighted by atomic mass is 35.5. The van der Waals surface area contributed by atoms with Crippen LogP contribution in [-0.4, -0.2) is 18.6 Å². The first-order valence-electron chi connectivity index (χ1n) is 8.23. The van der Waals surface area contributed by atoms with Gasteiger partial charge >= 0.3 is 12.0 Å². The number of hydrogen-bond donors (Lipinski definition) is 2. The second-order valence-corrected chi connectivity index (χ2v) is 6.25. The predicted octanol–water partition coefficient (Wildman–Crippen LogP) is 4.09. The number of ether oxygens (including phenoxy) is 1. The molecule has 0 fully saturated rings. The van der Waals surface area contributed by atoms with Crippen molar-refractivity contribution in [2.45, 2.75) is 45.6 Å². The molecule has 130 valence electrons. The average Bonchev–Trinajstić information content (AvgIpc) is 2.54. The summed E-state index contributed by atoms with van der Waals surface area (Å²) in [6.07, 6.45) is 4.14. The van der Waals surface area contributed by atoms with E-state index in [-0.39, 0.29) is 6.03 Å². The minimum atomic E-state index is -0.542. The van der Waals surface area contributed by atoms with Crippen molar-refractivity contribution in [3.8, 4) is 0 Å². The Morgan fingerprint density at radius 3 is 2.58 bits per heavy atom. The van der Waals surface area contributed by atoms with Crippen molar-refractivity contribution in [2.24, 2.45) is 0 Å². The maximum absolute atomic E-state index is 12.5. The molecule has 1 unspecified atom stereocenters. The number of rotatable bonds is 7. The molecule has 0 aliphatic carbocycles. The van der Waals surface area contributed by atoms with E-state index in [0.29, 0.717) is 22.9 Å². The summed E-state index contributed by atoms with van der Waals surface area (Å²) >= 11 is 5.91. The number of benzene rings is 1. The summed E-state index contributed by atoms with van der Waals surface area (Å²) < 4.78 is 5.40. The van der Waals surface area contributed by atoms with Crippen LogP contribution in [0.3, 0.4) is 0 Å². The highest BCUT2D eigenvalue weighted by Crippen LogP contribution is 2.28. The van der Waals surface area contributed by atoms with Gasteiger partial charge in [-0.2, -0.15) is 0 Å². The fourth-order valence-corrected chi connectivity index (χ4v) is 2.77. The maximum Gasteiger partial charge on any atom is 0.338 e. The first-order chi connectivity index (χ1) is 11.5. The number of esters is 1. The van der Waals surface area contributed by atoms with E-state index in [1.807, 2.05) is 0 Å². The van der Waals surface area contributed by atoms with E-state index in [2.05, 4.69) is 17.6 Å². The molecule has 1 atom stereocenters. The maximum atomic E-state index is 12.5. The van der Waals surface area contributed by atoms with Gasteiger partial charge in [0.05, 0.1) is 18.2 Å². The Balaban J connectivity index is 2.13. The molecule has 1 heterocycles. The van der Waals surface area contributed by atoms with Crippen molar-refractivity contribution in [1.82, 2.24) is 10.6 Å². The van der Waals surface area contributed by atoms with E-state index in [1.165, 1.54) is 0 Å². The number of unbranched alkanes of at least 4 members (excludes halogenated alkanes) is 3. The Kier molecular flexibility index (Phi) is 6.67. The lowest BCUT2D eigenvalue weighted by molar-refractivity contribution is -0.139. The third-order valence-electron chi connectivity index (χ3n) is 3.92. The van der Waals surface area contributed by atoms with Crippen molar-refractivity contribution in [3.63, 3.8) is 0 Å². The van der Waals surface area contributed by atoms with Crippen molar-refractivity contribution in [3.05, 3.63) is 46.1 Å². The summed E-state index contributed by atoms with van der Waals surface area (Å²) in [5.41, 5.74) is 1.72. The lowest BCUT2D eigenvalue weighted by Gasteiger charge is -2.28. The highest BCUT2D eigenvalue weighted by Gasteiger charge is 2.32. The molecule has 0 spiro atoms. The number of amides is 2. The molecule has 0 radical (unpaired) electrons. The second-order valence-electron chi connectivity index (χ2n) is 5.82. The number of urea groups is 1. The van der Waals surface area contributed by atoms with Crippen LogP contribution >= 0.6 is 11.6 Å². The van der Waals surface area contributed by atoms with E-state index in [1.54, 1.807) is 31.2 Å². The highest BCUT2D eigenvalue weighted by molar-refractivity contribution is 6.30. The van der Waals surface area contributed by atoms with Crippen LogP contribution in [-0.2, 0) is 9.53 Å². The Morgan fingerprint density at radius 2 is 1.92 bits per heavy atom. The molecule has 2 amide bonds. The van der Waals surface area contributed by atoms with Gasteiger partial charge in [-0.15, -0.1) is 0 Å². The molecule has 0 bridgehead atoms. The molecule has 1 aromatic carbocycles. The van der Waals surface area contributed by atoms with Gasteiger partial charge in [-0.25, -0.2) is 9.59 Å². The normalized spacial score (nSPS) is 17.3. The molecule has 0 saturated heterocycles. The quantitative estimate of drug-likeness (QED) is 0.575. The smallest absolute Gasteiger partial charge is 0.338 e. The Bertz CT molecular complexity index is 626. The largest absolute Gasteiger partial charge is 0.462 e.